The number of ether oxygens (including phenoxy) is 1. The Labute approximate surface area is 189 Å². The number of hydrogen-bond acceptors (Lipinski definition) is 3. The standard InChI is InChI=1S/C26H28ClFN2O/c1-19-8-3-4-9-20(19)17-29-14-7-15-30(18-21-12-13-22(28)16-24(21)27)26(29)23-10-5-6-11-25(23)31-2/h3-6,8-13,16,26H,7,14-15,17-18H2,1-2H3/t26-/m0/s1. The van der Waals surface area contributed by atoms with Crippen molar-refractivity contribution in [2.24, 2.45) is 0 Å². The van der Waals surface area contributed by atoms with Crippen molar-refractivity contribution >= 4 is 11.6 Å². The molecule has 1 atom stereocenters. The molecule has 0 radical (unpaired) electrons. The van der Waals surface area contributed by atoms with Gasteiger partial charge in [0.25, 0.3) is 0 Å². The lowest BCUT2D eigenvalue weighted by Gasteiger charge is -2.45. The maximum atomic E-state index is 13.6. The van der Waals surface area contributed by atoms with E-state index >= 15 is 0 Å². The summed E-state index contributed by atoms with van der Waals surface area (Å²) >= 11 is 6.38. The molecule has 3 nitrogen and oxygen atoms in total. The van der Waals surface area contributed by atoms with Gasteiger partial charge < -0.3 is 4.74 Å². The van der Waals surface area contributed by atoms with Crippen LogP contribution < -0.4 is 4.74 Å². The highest BCUT2D eigenvalue weighted by Crippen LogP contribution is 2.37. The second kappa shape index (κ2) is 9.82. The second-order valence-corrected chi connectivity index (χ2v) is 8.48. The third kappa shape index (κ3) is 4.93. The minimum atomic E-state index is -0.310. The zero-order chi connectivity index (χ0) is 21.8. The summed E-state index contributed by atoms with van der Waals surface area (Å²) in [5, 5.41) is 0.467. The van der Waals surface area contributed by atoms with Crippen LogP contribution in [0.2, 0.25) is 5.02 Å². The van der Waals surface area contributed by atoms with E-state index in [9.17, 15) is 4.39 Å². The van der Waals surface area contributed by atoms with E-state index in [4.69, 9.17) is 16.3 Å². The summed E-state index contributed by atoms with van der Waals surface area (Å²) in [6, 6.07) is 21.4. The van der Waals surface area contributed by atoms with E-state index in [0.717, 1.165) is 42.9 Å². The van der Waals surface area contributed by atoms with Gasteiger partial charge in [-0.3, -0.25) is 9.80 Å². The first-order valence-corrected chi connectivity index (χ1v) is 11.0. The van der Waals surface area contributed by atoms with E-state index in [1.807, 2.05) is 12.1 Å². The third-order valence-electron chi connectivity index (χ3n) is 6.02. The Kier molecular flexibility index (Phi) is 6.91. The van der Waals surface area contributed by atoms with Crippen molar-refractivity contribution in [3.63, 3.8) is 0 Å². The molecule has 0 bridgehead atoms. The van der Waals surface area contributed by atoms with Crippen LogP contribution in [0.3, 0.4) is 0 Å². The monoisotopic (exact) mass is 438 g/mol. The molecule has 5 heteroatoms. The van der Waals surface area contributed by atoms with Crippen molar-refractivity contribution in [2.75, 3.05) is 20.2 Å². The van der Waals surface area contributed by atoms with Crippen molar-refractivity contribution in [3.8, 4) is 5.75 Å². The number of rotatable bonds is 6. The van der Waals surface area contributed by atoms with Crippen LogP contribution in [0.5, 0.6) is 5.75 Å². The number of halogens is 2. The molecule has 4 rings (SSSR count). The lowest BCUT2D eigenvalue weighted by molar-refractivity contribution is -0.0104. The zero-order valence-corrected chi connectivity index (χ0v) is 18.8. The quantitative estimate of drug-likeness (QED) is 0.455. The minimum Gasteiger partial charge on any atom is -0.496 e. The first-order valence-electron chi connectivity index (χ1n) is 10.7. The molecule has 0 aliphatic carbocycles. The summed E-state index contributed by atoms with van der Waals surface area (Å²) in [5.74, 6) is 0.564. The van der Waals surface area contributed by atoms with E-state index in [2.05, 4.69) is 53.1 Å². The van der Waals surface area contributed by atoms with E-state index in [-0.39, 0.29) is 12.0 Å². The maximum Gasteiger partial charge on any atom is 0.124 e. The van der Waals surface area contributed by atoms with Gasteiger partial charge in [0.15, 0.2) is 0 Å². The summed E-state index contributed by atoms with van der Waals surface area (Å²) in [6.45, 7) is 5.58. The van der Waals surface area contributed by atoms with Gasteiger partial charge in [-0.15, -0.1) is 0 Å². The molecule has 0 amide bonds. The van der Waals surface area contributed by atoms with E-state index in [1.165, 1.54) is 23.3 Å². The fraction of sp³-hybridized carbons (Fsp3) is 0.308. The van der Waals surface area contributed by atoms with Crippen LogP contribution in [0.25, 0.3) is 0 Å². The molecular formula is C26H28ClFN2O. The average Bonchev–Trinajstić information content (AvgIpc) is 2.77. The van der Waals surface area contributed by atoms with Gasteiger partial charge >= 0.3 is 0 Å². The SMILES string of the molecule is COc1ccccc1[C@H]1N(Cc2ccccc2C)CCCN1Cc1ccc(F)cc1Cl. The summed E-state index contributed by atoms with van der Waals surface area (Å²) in [4.78, 5) is 4.92. The summed E-state index contributed by atoms with van der Waals surface area (Å²) < 4.78 is 19.3. The van der Waals surface area contributed by atoms with Crippen LogP contribution in [0.15, 0.2) is 66.7 Å². The Hall–Kier alpha value is -2.40. The normalized spacial score (nSPS) is 17.6. The van der Waals surface area contributed by atoms with Gasteiger partial charge in [0.2, 0.25) is 0 Å². The lowest BCUT2D eigenvalue weighted by atomic mass is 10.0. The van der Waals surface area contributed by atoms with Gasteiger partial charge in [0.05, 0.1) is 13.3 Å². The Bertz CT molecular complexity index is 1040. The van der Waals surface area contributed by atoms with Gasteiger partial charge in [-0.25, -0.2) is 4.39 Å². The summed E-state index contributed by atoms with van der Waals surface area (Å²) in [7, 11) is 1.72. The molecule has 0 aromatic heterocycles. The molecule has 0 N–H and O–H groups in total. The van der Waals surface area contributed by atoms with Crippen molar-refractivity contribution in [1.82, 2.24) is 9.80 Å². The fourth-order valence-electron chi connectivity index (χ4n) is 4.43. The number of hydrogen-bond donors (Lipinski definition) is 0. The topological polar surface area (TPSA) is 15.7 Å². The number of aryl methyl sites for hydroxylation is 1. The lowest BCUT2D eigenvalue weighted by Crippen LogP contribution is -2.47. The zero-order valence-electron chi connectivity index (χ0n) is 18.0. The molecule has 3 aromatic carbocycles. The Morgan fingerprint density at radius 3 is 2.32 bits per heavy atom. The van der Waals surface area contributed by atoms with Crippen LogP contribution in [0.4, 0.5) is 4.39 Å². The van der Waals surface area contributed by atoms with Gasteiger partial charge in [-0.05, 0) is 48.2 Å². The predicted molar refractivity (Wildman–Crippen MR) is 124 cm³/mol. The van der Waals surface area contributed by atoms with E-state index in [1.54, 1.807) is 13.2 Å². The van der Waals surface area contributed by atoms with Gasteiger partial charge in [0.1, 0.15) is 11.6 Å². The number of nitrogens with zero attached hydrogens (tertiary/aromatic N) is 2. The first kappa shape index (κ1) is 21.8. The molecule has 162 valence electrons. The van der Waals surface area contributed by atoms with Crippen molar-refractivity contribution in [1.29, 1.82) is 0 Å². The summed E-state index contributed by atoms with van der Waals surface area (Å²) in [6.07, 6.45) is 1.08. The molecule has 1 saturated heterocycles. The molecule has 1 aliphatic heterocycles. The molecule has 1 aliphatic rings. The Morgan fingerprint density at radius 1 is 0.935 bits per heavy atom. The van der Waals surface area contributed by atoms with Gasteiger partial charge in [-0.1, -0.05) is 60.1 Å². The van der Waals surface area contributed by atoms with Crippen LogP contribution >= 0.6 is 11.6 Å². The molecule has 1 fully saturated rings. The molecule has 0 spiro atoms. The average molecular weight is 439 g/mol. The third-order valence-corrected chi connectivity index (χ3v) is 6.37. The number of methoxy groups -OCH3 is 1. The highest BCUT2D eigenvalue weighted by molar-refractivity contribution is 6.31. The van der Waals surface area contributed by atoms with Gasteiger partial charge in [-0.2, -0.15) is 0 Å². The first-order chi connectivity index (χ1) is 15.1. The largest absolute Gasteiger partial charge is 0.496 e. The van der Waals surface area contributed by atoms with Crippen molar-refractivity contribution in [2.45, 2.75) is 32.6 Å². The fourth-order valence-corrected chi connectivity index (χ4v) is 4.66. The van der Waals surface area contributed by atoms with Crippen LogP contribution in [0, 0.1) is 12.7 Å². The van der Waals surface area contributed by atoms with E-state index in [0.29, 0.717) is 11.6 Å². The molecule has 3 aromatic rings. The molecule has 0 saturated carbocycles. The highest BCUT2D eigenvalue weighted by Gasteiger charge is 2.33. The Balaban J connectivity index is 1.71. The predicted octanol–water partition coefficient (Wildman–Crippen LogP) is 6.20. The van der Waals surface area contributed by atoms with Gasteiger partial charge in [0, 0.05) is 36.8 Å². The summed E-state index contributed by atoms with van der Waals surface area (Å²) in [5.41, 5.74) is 4.68. The smallest absolute Gasteiger partial charge is 0.124 e. The second-order valence-electron chi connectivity index (χ2n) is 8.07. The molecule has 1 heterocycles. The van der Waals surface area contributed by atoms with Crippen LogP contribution in [-0.4, -0.2) is 30.0 Å². The molecule has 31 heavy (non-hydrogen) atoms. The number of para-hydroxylation sites is 1. The Morgan fingerprint density at radius 2 is 1.61 bits per heavy atom. The maximum absolute atomic E-state index is 13.6. The number of benzene rings is 3. The minimum absolute atomic E-state index is 0.0330. The van der Waals surface area contributed by atoms with Crippen molar-refractivity contribution in [3.05, 3.63) is 99.8 Å². The van der Waals surface area contributed by atoms with E-state index < -0.39 is 0 Å². The van der Waals surface area contributed by atoms with Crippen LogP contribution in [0.1, 0.15) is 34.8 Å². The van der Waals surface area contributed by atoms with Crippen molar-refractivity contribution < 1.29 is 9.13 Å². The molecular weight excluding hydrogens is 411 g/mol. The molecule has 0 unspecified atom stereocenters. The highest BCUT2D eigenvalue weighted by atomic mass is 35.5. The van der Waals surface area contributed by atoms with Crippen LogP contribution in [-0.2, 0) is 13.1 Å².